The number of nitrogens with one attached hydrogen (secondary N) is 1. The third kappa shape index (κ3) is 2.94. The number of rotatable bonds is 4. The molecule has 1 saturated carbocycles. The Morgan fingerprint density at radius 1 is 1.42 bits per heavy atom. The molecule has 1 aliphatic carbocycles. The molecular weight excluding hydrogens is 317 g/mol. The van der Waals surface area contributed by atoms with Crippen molar-refractivity contribution in [3.8, 4) is 0 Å². The summed E-state index contributed by atoms with van der Waals surface area (Å²) in [4.78, 5) is 23.0. The summed E-state index contributed by atoms with van der Waals surface area (Å²) in [5.74, 6) is -1.75. The predicted octanol–water partition coefficient (Wildman–Crippen LogP) is 2.25. The highest BCUT2D eigenvalue weighted by molar-refractivity contribution is 9.10. The van der Waals surface area contributed by atoms with Crippen LogP contribution in [-0.2, 0) is 16.0 Å². The number of carboxylic acids is 1. The zero-order valence-corrected chi connectivity index (χ0v) is 11.7. The molecule has 2 rings (SSSR count). The molecule has 1 fully saturated rings. The fourth-order valence-electron chi connectivity index (χ4n) is 2.07. The molecule has 102 valence electrons. The first-order valence-electron chi connectivity index (χ1n) is 5.91. The van der Waals surface area contributed by atoms with Crippen molar-refractivity contribution >= 4 is 27.8 Å². The molecule has 0 bridgehead atoms. The minimum Gasteiger partial charge on any atom is -0.480 e. The number of carboxylic acid groups (broad SMARTS) is 1. The summed E-state index contributed by atoms with van der Waals surface area (Å²) in [6.07, 6.45) is 1.75. The molecule has 2 N–H and O–H groups in total. The van der Waals surface area contributed by atoms with Crippen molar-refractivity contribution in [2.75, 3.05) is 0 Å². The average molecular weight is 330 g/mol. The molecule has 0 spiro atoms. The van der Waals surface area contributed by atoms with Gasteiger partial charge in [-0.1, -0.05) is 6.07 Å². The lowest BCUT2D eigenvalue weighted by atomic mass is 9.76. The van der Waals surface area contributed by atoms with Crippen molar-refractivity contribution in [2.45, 2.75) is 31.2 Å². The van der Waals surface area contributed by atoms with Crippen LogP contribution in [0.1, 0.15) is 24.8 Å². The van der Waals surface area contributed by atoms with Gasteiger partial charge in [0.2, 0.25) is 5.91 Å². The van der Waals surface area contributed by atoms with E-state index in [1.165, 1.54) is 18.2 Å². The number of hydrogen-bond donors (Lipinski definition) is 2. The third-order valence-electron chi connectivity index (χ3n) is 3.34. The molecule has 0 heterocycles. The van der Waals surface area contributed by atoms with Crippen LogP contribution in [0.2, 0.25) is 0 Å². The second-order valence-electron chi connectivity index (χ2n) is 4.71. The number of halogens is 2. The smallest absolute Gasteiger partial charge is 0.329 e. The Kier molecular flexibility index (Phi) is 3.89. The minimum absolute atomic E-state index is 0.0356. The number of amides is 1. The summed E-state index contributed by atoms with van der Waals surface area (Å²) in [6.45, 7) is 0. The second-order valence-corrected chi connectivity index (χ2v) is 5.57. The molecule has 1 aliphatic rings. The van der Waals surface area contributed by atoms with Gasteiger partial charge in [0.05, 0.1) is 10.9 Å². The van der Waals surface area contributed by atoms with E-state index in [1.54, 1.807) is 0 Å². The number of benzene rings is 1. The maximum absolute atomic E-state index is 13.1. The van der Waals surface area contributed by atoms with Crippen molar-refractivity contribution in [3.05, 3.63) is 34.1 Å². The molecule has 0 radical (unpaired) electrons. The van der Waals surface area contributed by atoms with Crippen LogP contribution in [0.25, 0.3) is 0 Å². The summed E-state index contributed by atoms with van der Waals surface area (Å²) in [5, 5.41) is 11.7. The summed E-state index contributed by atoms with van der Waals surface area (Å²) in [7, 11) is 0. The molecule has 6 heteroatoms. The van der Waals surface area contributed by atoms with Gasteiger partial charge < -0.3 is 10.4 Å². The molecule has 0 atom stereocenters. The van der Waals surface area contributed by atoms with E-state index in [2.05, 4.69) is 21.2 Å². The van der Waals surface area contributed by atoms with Crippen LogP contribution in [0.3, 0.4) is 0 Å². The molecular formula is C13H13BrFNO3. The van der Waals surface area contributed by atoms with Crippen molar-refractivity contribution in [1.29, 1.82) is 0 Å². The van der Waals surface area contributed by atoms with Gasteiger partial charge >= 0.3 is 5.97 Å². The van der Waals surface area contributed by atoms with Gasteiger partial charge in [0.25, 0.3) is 0 Å². The molecule has 0 saturated heterocycles. The quantitative estimate of drug-likeness (QED) is 0.890. The maximum Gasteiger partial charge on any atom is 0.329 e. The highest BCUT2D eigenvalue weighted by Crippen LogP contribution is 2.32. The first-order valence-corrected chi connectivity index (χ1v) is 6.71. The van der Waals surface area contributed by atoms with Gasteiger partial charge in [-0.05, 0) is 52.9 Å². The highest BCUT2D eigenvalue weighted by Gasteiger charge is 2.45. The van der Waals surface area contributed by atoms with Gasteiger partial charge in [-0.2, -0.15) is 0 Å². The molecule has 0 aliphatic heterocycles. The molecule has 4 nitrogen and oxygen atoms in total. The monoisotopic (exact) mass is 329 g/mol. The van der Waals surface area contributed by atoms with Crippen LogP contribution >= 0.6 is 15.9 Å². The van der Waals surface area contributed by atoms with E-state index in [0.717, 1.165) is 6.42 Å². The van der Waals surface area contributed by atoms with E-state index < -0.39 is 17.3 Å². The molecule has 19 heavy (non-hydrogen) atoms. The first-order chi connectivity index (χ1) is 8.93. The topological polar surface area (TPSA) is 66.4 Å². The minimum atomic E-state index is -1.10. The van der Waals surface area contributed by atoms with E-state index in [-0.39, 0.29) is 16.8 Å². The Morgan fingerprint density at radius 2 is 2.11 bits per heavy atom. The van der Waals surface area contributed by atoms with Gasteiger partial charge in [-0.3, -0.25) is 4.79 Å². The largest absolute Gasteiger partial charge is 0.480 e. The van der Waals surface area contributed by atoms with E-state index in [4.69, 9.17) is 5.11 Å². The van der Waals surface area contributed by atoms with Gasteiger partial charge in [0.1, 0.15) is 11.4 Å². The lowest BCUT2D eigenvalue weighted by Crippen LogP contribution is -2.59. The van der Waals surface area contributed by atoms with Crippen LogP contribution < -0.4 is 5.32 Å². The predicted molar refractivity (Wildman–Crippen MR) is 70.2 cm³/mol. The third-order valence-corrected chi connectivity index (χ3v) is 3.95. The van der Waals surface area contributed by atoms with Crippen molar-refractivity contribution in [2.24, 2.45) is 0 Å². The van der Waals surface area contributed by atoms with Crippen LogP contribution in [-0.4, -0.2) is 22.5 Å². The Morgan fingerprint density at radius 3 is 2.58 bits per heavy atom. The fourth-order valence-corrected chi connectivity index (χ4v) is 2.49. The van der Waals surface area contributed by atoms with E-state index in [0.29, 0.717) is 18.4 Å². The highest BCUT2D eigenvalue weighted by atomic mass is 79.9. The zero-order chi connectivity index (χ0) is 14.0. The molecule has 0 aromatic heterocycles. The van der Waals surface area contributed by atoms with Crippen LogP contribution in [0, 0.1) is 5.82 Å². The average Bonchev–Trinajstić information content (AvgIpc) is 2.28. The maximum atomic E-state index is 13.1. The molecule has 1 amide bonds. The Labute approximate surface area is 118 Å². The molecule has 1 aromatic rings. The Hall–Kier alpha value is -1.43. The van der Waals surface area contributed by atoms with Crippen LogP contribution in [0.15, 0.2) is 22.7 Å². The van der Waals surface area contributed by atoms with Gasteiger partial charge in [0.15, 0.2) is 0 Å². The number of carbonyl (C=O) groups is 2. The summed E-state index contributed by atoms with van der Waals surface area (Å²) < 4.78 is 13.3. The fraction of sp³-hybridized carbons (Fsp3) is 0.385. The van der Waals surface area contributed by atoms with E-state index in [9.17, 15) is 14.0 Å². The number of aliphatic carboxylic acids is 1. The lowest BCUT2D eigenvalue weighted by Gasteiger charge is -2.38. The SMILES string of the molecule is O=C(Cc1ccc(F)c(Br)c1)NC1(C(=O)O)CCC1. The summed E-state index contributed by atoms with van der Waals surface area (Å²) in [5.41, 5.74) is -0.473. The lowest BCUT2D eigenvalue weighted by molar-refractivity contribution is -0.151. The number of hydrogen-bond acceptors (Lipinski definition) is 2. The first kappa shape index (κ1) is 14.0. The van der Waals surface area contributed by atoms with Crippen molar-refractivity contribution in [1.82, 2.24) is 5.32 Å². The van der Waals surface area contributed by atoms with Crippen molar-refractivity contribution < 1.29 is 19.1 Å². The standard InChI is InChI=1S/C13H13BrFNO3/c14-9-6-8(2-3-10(9)15)7-11(17)16-13(12(18)19)4-1-5-13/h2-3,6H,1,4-5,7H2,(H,16,17)(H,18,19). The molecule has 0 unspecified atom stereocenters. The normalized spacial score (nSPS) is 16.5. The van der Waals surface area contributed by atoms with E-state index >= 15 is 0 Å². The summed E-state index contributed by atoms with van der Waals surface area (Å²) in [6, 6.07) is 4.29. The summed E-state index contributed by atoms with van der Waals surface area (Å²) >= 11 is 3.04. The number of carbonyl (C=O) groups excluding carboxylic acids is 1. The van der Waals surface area contributed by atoms with Crippen molar-refractivity contribution in [3.63, 3.8) is 0 Å². The van der Waals surface area contributed by atoms with Gasteiger partial charge in [-0.25, -0.2) is 9.18 Å². The van der Waals surface area contributed by atoms with Crippen LogP contribution in [0.4, 0.5) is 4.39 Å². The zero-order valence-electron chi connectivity index (χ0n) is 10.1. The van der Waals surface area contributed by atoms with Crippen LogP contribution in [0.5, 0.6) is 0 Å². The van der Waals surface area contributed by atoms with Gasteiger partial charge in [-0.15, -0.1) is 0 Å². The second kappa shape index (κ2) is 5.28. The molecule has 1 aromatic carbocycles. The Bertz CT molecular complexity index is 529. The van der Waals surface area contributed by atoms with E-state index in [1.807, 2.05) is 0 Å². The van der Waals surface area contributed by atoms with Gasteiger partial charge in [0, 0.05) is 0 Å². The Balaban J connectivity index is 2.01.